The molecule has 0 saturated heterocycles. The summed E-state index contributed by atoms with van der Waals surface area (Å²) in [5.74, 6) is 7.38. The second kappa shape index (κ2) is 11.6. The molecule has 0 N–H and O–H groups in total. The molecular formula is C50H64N2O4. The van der Waals surface area contributed by atoms with Gasteiger partial charge in [-0.15, -0.1) is 0 Å². The molecule has 0 spiro atoms. The van der Waals surface area contributed by atoms with Gasteiger partial charge in [-0.1, -0.05) is 6.07 Å². The predicted octanol–water partition coefficient (Wildman–Crippen LogP) is 10.3. The largest absolute Gasteiger partial charge is 0.273 e. The second-order valence-electron chi connectivity index (χ2n) is 24.2. The molecule has 16 aliphatic rings. The number of anilines is 2. The Kier molecular flexibility index (Phi) is 7.13. The highest BCUT2D eigenvalue weighted by Crippen LogP contribution is 2.66. The van der Waals surface area contributed by atoms with Crippen molar-refractivity contribution in [1.82, 2.24) is 0 Å². The minimum atomic E-state index is -0.466. The number of hydrogen-bond donors (Lipinski definition) is 0. The molecule has 16 aliphatic carbocycles. The Morgan fingerprint density at radius 2 is 0.518 bits per heavy atom. The van der Waals surface area contributed by atoms with Crippen LogP contribution in [0.1, 0.15) is 154 Å². The van der Waals surface area contributed by atoms with Crippen molar-refractivity contribution in [2.75, 3.05) is 9.80 Å². The summed E-state index contributed by atoms with van der Waals surface area (Å²) in [7, 11) is 0. The Bertz CT molecular complexity index is 1520. The van der Waals surface area contributed by atoms with Crippen molar-refractivity contribution in [3.05, 3.63) is 24.3 Å². The van der Waals surface area contributed by atoms with E-state index in [0.29, 0.717) is 82.4 Å². The number of carbonyl (C=O) groups excluding carboxylic acids is 4. The van der Waals surface area contributed by atoms with E-state index in [4.69, 9.17) is 0 Å². The highest BCUT2D eigenvalue weighted by Gasteiger charge is 2.63. The van der Waals surface area contributed by atoms with Gasteiger partial charge < -0.3 is 0 Å². The highest BCUT2D eigenvalue weighted by atomic mass is 16.2. The van der Waals surface area contributed by atoms with Crippen LogP contribution in [0.5, 0.6) is 0 Å². The van der Waals surface area contributed by atoms with Crippen LogP contribution in [0.4, 0.5) is 11.4 Å². The van der Waals surface area contributed by atoms with Crippen LogP contribution in [0.2, 0.25) is 0 Å². The van der Waals surface area contributed by atoms with E-state index in [1.807, 2.05) is 24.3 Å². The van der Waals surface area contributed by atoms with Crippen LogP contribution in [0.25, 0.3) is 0 Å². The van der Waals surface area contributed by atoms with Crippen LogP contribution in [-0.2, 0) is 19.2 Å². The number of amides is 4. The maximum atomic E-state index is 15.7. The number of rotatable bonds is 6. The quantitative estimate of drug-likeness (QED) is 0.271. The first kappa shape index (κ1) is 34.4. The van der Waals surface area contributed by atoms with E-state index >= 15 is 19.2 Å². The maximum absolute atomic E-state index is 15.7. The molecule has 0 atom stereocenters. The molecular weight excluding hydrogens is 693 g/mol. The molecule has 1 aromatic rings. The lowest BCUT2D eigenvalue weighted by Gasteiger charge is -2.59. The van der Waals surface area contributed by atoms with Gasteiger partial charge in [-0.05, 0) is 243 Å². The van der Waals surface area contributed by atoms with E-state index in [-0.39, 0.29) is 23.6 Å². The molecule has 0 aliphatic heterocycles. The van der Waals surface area contributed by atoms with Crippen LogP contribution in [0, 0.1) is 92.7 Å². The Balaban J connectivity index is 0.925. The van der Waals surface area contributed by atoms with Gasteiger partial charge in [0, 0.05) is 0 Å². The minimum absolute atomic E-state index is 0.0564. The lowest BCUT2D eigenvalue weighted by atomic mass is 9.48. The molecule has 16 fully saturated rings. The van der Waals surface area contributed by atoms with Crippen molar-refractivity contribution in [1.29, 1.82) is 0 Å². The normalized spacial score (nSPS) is 50.4. The Morgan fingerprint density at radius 3 is 0.696 bits per heavy atom. The topological polar surface area (TPSA) is 74.8 Å². The molecule has 6 heteroatoms. The van der Waals surface area contributed by atoms with E-state index < -0.39 is 21.7 Å². The van der Waals surface area contributed by atoms with E-state index in [9.17, 15) is 0 Å². The van der Waals surface area contributed by atoms with Crippen molar-refractivity contribution in [2.45, 2.75) is 154 Å². The average molecular weight is 757 g/mol. The smallest absolute Gasteiger partial charge is 0.240 e. The first-order valence-corrected chi connectivity index (χ1v) is 23.9. The average Bonchev–Trinajstić information content (AvgIpc) is 3.13. The van der Waals surface area contributed by atoms with Crippen molar-refractivity contribution in [3.63, 3.8) is 0 Å². The molecule has 0 aromatic heterocycles. The molecule has 16 saturated carbocycles. The molecule has 4 amide bonds. The molecule has 0 heterocycles. The van der Waals surface area contributed by atoms with Gasteiger partial charge in [-0.25, -0.2) is 9.80 Å². The summed E-state index contributed by atoms with van der Waals surface area (Å²) in [5, 5.41) is 0. The van der Waals surface area contributed by atoms with Crippen LogP contribution in [0.15, 0.2) is 24.3 Å². The van der Waals surface area contributed by atoms with Gasteiger partial charge >= 0.3 is 0 Å². The van der Waals surface area contributed by atoms with E-state index in [1.54, 1.807) is 9.80 Å². The Hall–Kier alpha value is -2.50. The van der Waals surface area contributed by atoms with Crippen LogP contribution >= 0.6 is 0 Å². The Morgan fingerprint density at radius 1 is 0.339 bits per heavy atom. The summed E-state index contributed by atoms with van der Waals surface area (Å²) in [4.78, 5) is 66.2. The van der Waals surface area contributed by atoms with Crippen molar-refractivity contribution in [2.24, 2.45) is 92.7 Å². The van der Waals surface area contributed by atoms with Gasteiger partial charge in [-0.3, -0.25) is 19.2 Å². The first-order chi connectivity index (χ1) is 27.0. The van der Waals surface area contributed by atoms with Gasteiger partial charge in [0.2, 0.25) is 23.6 Å². The fourth-order valence-electron chi connectivity index (χ4n) is 19.9. The number of benzene rings is 1. The summed E-state index contributed by atoms with van der Waals surface area (Å²) in [5.41, 5.74) is -0.603. The first-order valence-electron chi connectivity index (χ1n) is 23.9. The molecule has 16 bridgehead atoms. The monoisotopic (exact) mass is 756 g/mol. The zero-order valence-electron chi connectivity index (χ0n) is 33.7. The third kappa shape index (κ3) is 4.91. The van der Waals surface area contributed by atoms with E-state index in [2.05, 4.69) is 0 Å². The maximum Gasteiger partial charge on any atom is 0.240 e. The second-order valence-corrected chi connectivity index (χ2v) is 24.2. The minimum Gasteiger partial charge on any atom is -0.273 e. The zero-order chi connectivity index (χ0) is 37.3. The van der Waals surface area contributed by atoms with Gasteiger partial charge in [0.05, 0.1) is 33.0 Å². The molecule has 6 nitrogen and oxygen atoms in total. The molecule has 298 valence electrons. The molecule has 1 aromatic carbocycles. The summed E-state index contributed by atoms with van der Waals surface area (Å²) >= 11 is 0. The van der Waals surface area contributed by atoms with Crippen molar-refractivity contribution in [3.8, 4) is 0 Å². The van der Waals surface area contributed by atoms with E-state index in [0.717, 1.165) is 77.0 Å². The summed E-state index contributed by atoms with van der Waals surface area (Å²) in [6, 6.07) is 7.95. The third-order valence-electron chi connectivity index (χ3n) is 20.1. The zero-order valence-corrected chi connectivity index (χ0v) is 33.7. The van der Waals surface area contributed by atoms with Crippen molar-refractivity contribution < 1.29 is 19.2 Å². The number of hydrogen-bond acceptors (Lipinski definition) is 4. The fourth-order valence-corrected chi connectivity index (χ4v) is 19.9. The molecule has 0 unspecified atom stereocenters. The van der Waals surface area contributed by atoms with Crippen molar-refractivity contribution >= 4 is 35.0 Å². The molecule has 0 radical (unpaired) electrons. The lowest BCUT2D eigenvalue weighted by Crippen LogP contribution is -2.61. The number of imide groups is 2. The number of carbonyl (C=O) groups is 4. The van der Waals surface area contributed by atoms with Crippen LogP contribution < -0.4 is 9.80 Å². The van der Waals surface area contributed by atoms with Gasteiger partial charge in [-0.2, -0.15) is 0 Å². The standard InChI is InChI=1S/C50H64N2O4/c53-43(47-17-29-4-30(18-47)6-31(5-29)19-47)51(44(54)48-20-32-7-33(21-48)9-34(8-32)22-48)41-2-1-3-42(16-41)52(45(55)49-23-35-10-36(24-49)12-37(11-35)25-49)46(56)50-26-38-13-39(27-50)15-40(14-38)28-50/h1-3,16,29-40H,4-15,17-28H2. The van der Waals surface area contributed by atoms with Gasteiger partial charge in [0.15, 0.2) is 0 Å². The predicted molar refractivity (Wildman–Crippen MR) is 214 cm³/mol. The number of nitrogens with zero attached hydrogens (tertiary/aromatic N) is 2. The SMILES string of the molecule is O=C(N(C(=O)C12CC3CC(CC(C3)C1)C2)c1cccc(N(C(=O)C23CC4CC(CC(C4)C2)C3)C(=O)C23CC4CC(CC(C4)C2)C3)c1)C12CC3CC(CC(C3)C1)C2. The highest BCUT2D eigenvalue weighted by molar-refractivity contribution is 6.21. The lowest BCUT2D eigenvalue weighted by molar-refractivity contribution is -0.154. The Labute approximate surface area is 334 Å². The summed E-state index contributed by atoms with van der Waals surface area (Å²) in [6.07, 6.45) is 26.0. The fraction of sp³-hybridized carbons (Fsp3) is 0.800. The summed E-state index contributed by atoms with van der Waals surface area (Å²) < 4.78 is 0. The van der Waals surface area contributed by atoms with Crippen LogP contribution in [-0.4, -0.2) is 23.6 Å². The van der Waals surface area contributed by atoms with Gasteiger partial charge in [0.25, 0.3) is 0 Å². The van der Waals surface area contributed by atoms with Gasteiger partial charge in [0.1, 0.15) is 0 Å². The van der Waals surface area contributed by atoms with E-state index in [1.165, 1.54) is 77.0 Å². The van der Waals surface area contributed by atoms with Crippen LogP contribution in [0.3, 0.4) is 0 Å². The molecule has 56 heavy (non-hydrogen) atoms. The summed E-state index contributed by atoms with van der Waals surface area (Å²) in [6.45, 7) is 0. The molecule has 17 rings (SSSR count). The third-order valence-corrected chi connectivity index (χ3v) is 20.1.